The Morgan fingerprint density at radius 1 is 1.07 bits per heavy atom. The molecule has 0 saturated carbocycles. The number of aromatic nitrogens is 1. The number of rotatable bonds is 9. The minimum Gasteiger partial charge on any atom is -0.491 e. The number of ether oxygens (including phenoxy) is 3. The Bertz CT molecular complexity index is 820. The lowest BCUT2D eigenvalue weighted by Crippen LogP contribution is -2.19. The minimum absolute atomic E-state index is 0.0353. The summed E-state index contributed by atoms with van der Waals surface area (Å²) in [6, 6.07) is 7.70. The van der Waals surface area contributed by atoms with Crippen molar-refractivity contribution in [3.05, 3.63) is 47.7 Å². The molecule has 0 spiro atoms. The van der Waals surface area contributed by atoms with Gasteiger partial charge in [-0.05, 0) is 45.0 Å². The zero-order chi connectivity index (χ0) is 20.7. The van der Waals surface area contributed by atoms with Gasteiger partial charge in [-0.1, -0.05) is 0 Å². The summed E-state index contributed by atoms with van der Waals surface area (Å²) in [6.07, 6.45) is 0.894. The van der Waals surface area contributed by atoms with Crippen molar-refractivity contribution >= 4 is 17.7 Å². The number of benzene rings is 1. The lowest BCUT2D eigenvalue weighted by Gasteiger charge is -2.17. The first-order valence-corrected chi connectivity index (χ1v) is 8.76. The average Bonchev–Trinajstić information content (AvgIpc) is 2.61. The van der Waals surface area contributed by atoms with E-state index in [9.17, 15) is 9.59 Å². The van der Waals surface area contributed by atoms with Gasteiger partial charge >= 0.3 is 5.97 Å². The SMILES string of the molecule is COC[C@H](C)Oc1cc(OC(C)C)cc(C(=O)Nc2ccc(C(=O)O)cn2)c1. The van der Waals surface area contributed by atoms with Gasteiger partial charge in [0.25, 0.3) is 5.91 Å². The number of hydrogen-bond donors (Lipinski definition) is 2. The van der Waals surface area contributed by atoms with Crippen LogP contribution in [0.25, 0.3) is 0 Å². The van der Waals surface area contributed by atoms with Crippen molar-refractivity contribution < 1.29 is 28.9 Å². The summed E-state index contributed by atoms with van der Waals surface area (Å²) in [7, 11) is 1.58. The number of methoxy groups -OCH3 is 1. The first-order chi connectivity index (χ1) is 13.3. The highest BCUT2D eigenvalue weighted by atomic mass is 16.5. The maximum atomic E-state index is 12.6. The minimum atomic E-state index is -1.09. The second-order valence-corrected chi connectivity index (χ2v) is 6.43. The van der Waals surface area contributed by atoms with E-state index in [0.29, 0.717) is 23.7 Å². The standard InChI is InChI=1S/C20H24N2O6/c1-12(2)27-16-7-15(8-17(9-16)28-13(3)11-26-4)19(23)22-18-6-5-14(10-21-18)20(24)25/h5-10,12-13H,11H2,1-4H3,(H,24,25)(H,21,22,23)/t13-/m0/s1. The Morgan fingerprint density at radius 3 is 2.29 bits per heavy atom. The van der Waals surface area contributed by atoms with Crippen LogP contribution in [0.3, 0.4) is 0 Å². The van der Waals surface area contributed by atoms with Crippen LogP contribution in [-0.4, -0.2) is 47.9 Å². The molecule has 1 amide bonds. The fourth-order valence-electron chi connectivity index (χ4n) is 2.39. The third kappa shape index (κ3) is 6.24. The van der Waals surface area contributed by atoms with Crippen molar-refractivity contribution in [2.24, 2.45) is 0 Å². The molecular formula is C20H24N2O6. The van der Waals surface area contributed by atoms with Crippen molar-refractivity contribution in [3.8, 4) is 11.5 Å². The molecule has 0 saturated heterocycles. The lowest BCUT2D eigenvalue weighted by atomic mass is 10.1. The van der Waals surface area contributed by atoms with E-state index < -0.39 is 11.9 Å². The van der Waals surface area contributed by atoms with E-state index in [0.717, 1.165) is 0 Å². The summed E-state index contributed by atoms with van der Waals surface area (Å²) < 4.78 is 16.6. The lowest BCUT2D eigenvalue weighted by molar-refractivity contribution is 0.0696. The second-order valence-electron chi connectivity index (χ2n) is 6.43. The van der Waals surface area contributed by atoms with Crippen LogP contribution in [0.5, 0.6) is 11.5 Å². The van der Waals surface area contributed by atoms with E-state index in [1.807, 2.05) is 20.8 Å². The topological polar surface area (TPSA) is 107 Å². The highest BCUT2D eigenvalue weighted by Crippen LogP contribution is 2.25. The summed E-state index contributed by atoms with van der Waals surface area (Å²) in [4.78, 5) is 27.5. The fourth-order valence-corrected chi connectivity index (χ4v) is 2.39. The summed E-state index contributed by atoms with van der Waals surface area (Å²) >= 11 is 0. The number of hydrogen-bond acceptors (Lipinski definition) is 6. The van der Waals surface area contributed by atoms with E-state index >= 15 is 0 Å². The summed E-state index contributed by atoms with van der Waals surface area (Å²) in [5.41, 5.74) is 0.357. The normalized spacial score (nSPS) is 11.8. The van der Waals surface area contributed by atoms with E-state index in [2.05, 4.69) is 10.3 Å². The number of pyridine rings is 1. The number of carboxylic acid groups (broad SMARTS) is 1. The molecule has 2 N–H and O–H groups in total. The van der Waals surface area contributed by atoms with Crippen LogP contribution < -0.4 is 14.8 Å². The Hall–Kier alpha value is -3.13. The summed E-state index contributed by atoms with van der Waals surface area (Å²) in [5.74, 6) is -0.302. The van der Waals surface area contributed by atoms with Crippen LogP contribution in [0.15, 0.2) is 36.5 Å². The molecule has 1 atom stereocenters. The van der Waals surface area contributed by atoms with Crippen molar-refractivity contribution in [1.29, 1.82) is 0 Å². The van der Waals surface area contributed by atoms with Crippen LogP contribution in [0.4, 0.5) is 5.82 Å². The van der Waals surface area contributed by atoms with Crippen LogP contribution in [0.1, 0.15) is 41.5 Å². The molecule has 2 rings (SSSR count). The van der Waals surface area contributed by atoms with Crippen molar-refractivity contribution in [2.45, 2.75) is 33.0 Å². The van der Waals surface area contributed by atoms with E-state index in [-0.39, 0.29) is 23.6 Å². The molecule has 0 unspecified atom stereocenters. The van der Waals surface area contributed by atoms with Crippen LogP contribution in [-0.2, 0) is 4.74 Å². The van der Waals surface area contributed by atoms with Gasteiger partial charge in [-0.3, -0.25) is 4.79 Å². The molecule has 2 aromatic rings. The first-order valence-electron chi connectivity index (χ1n) is 8.76. The number of nitrogens with one attached hydrogen (secondary N) is 1. The van der Waals surface area contributed by atoms with Gasteiger partial charge in [0.2, 0.25) is 0 Å². The third-order valence-electron chi connectivity index (χ3n) is 3.50. The number of amides is 1. The predicted molar refractivity (Wildman–Crippen MR) is 103 cm³/mol. The third-order valence-corrected chi connectivity index (χ3v) is 3.50. The van der Waals surface area contributed by atoms with Crippen molar-refractivity contribution in [2.75, 3.05) is 19.0 Å². The second kappa shape index (κ2) is 9.70. The van der Waals surface area contributed by atoms with Gasteiger partial charge < -0.3 is 24.6 Å². The molecule has 0 aliphatic heterocycles. The number of carbonyl (C=O) groups excluding carboxylic acids is 1. The molecule has 0 aliphatic rings. The molecule has 1 aromatic carbocycles. The average molecular weight is 388 g/mol. The maximum absolute atomic E-state index is 12.6. The smallest absolute Gasteiger partial charge is 0.337 e. The molecular weight excluding hydrogens is 364 g/mol. The van der Waals surface area contributed by atoms with Gasteiger partial charge in [-0.2, -0.15) is 0 Å². The van der Waals surface area contributed by atoms with Gasteiger partial charge in [0.1, 0.15) is 23.4 Å². The highest BCUT2D eigenvalue weighted by molar-refractivity contribution is 6.04. The molecule has 28 heavy (non-hydrogen) atoms. The van der Waals surface area contributed by atoms with Gasteiger partial charge in [0.05, 0.1) is 18.3 Å². The van der Waals surface area contributed by atoms with Crippen LogP contribution in [0, 0.1) is 0 Å². The Labute approximate surface area is 163 Å². The number of carbonyl (C=O) groups is 2. The van der Waals surface area contributed by atoms with Gasteiger partial charge in [-0.25, -0.2) is 9.78 Å². The molecule has 0 radical (unpaired) electrons. The quantitative estimate of drug-likeness (QED) is 0.679. The summed E-state index contributed by atoms with van der Waals surface area (Å²) in [5, 5.41) is 11.5. The van der Waals surface area contributed by atoms with Gasteiger partial charge in [-0.15, -0.1) is 0 Å². The zero-order valence-electron chi connectivity index (χ0n) is 16.3. The zero-order valence-corrected chi connectivity index (χ0v) is 16.3. The van der Waals surface area contributed by atoms with E-state index in [1.165, 1.54) is 18.3 Å². The van der Waals surface area contributed by atoms with Crippen molar-refractivity contribution in [3.63, 3.8) is 0 Å². The molecule has 0 fully saturated rings. The van der Waals surface area contributed by atoms with Gasteiger partial charge in [0.15, 0.2) is 0 Å². The number of aromatic carboxylic acids is 1. The molecule has 0 bridgehead atoms. The summed E-state index contributed by atoms with van der Waals surface area (Å²) in [6.45, 7) is 6.02. The maximum Gasteiger partial charge on any atom is 0.337 e. The Balaban J connectivity index is 2.23. The molecule has 8 nitrogen and oxygen atoms in total. The van der Waals surface area contributed by atoms with E-state index in [4.69, 9.17) is 19.3 Å². The van der Waals surface area contributed by atoms with Gasteiger partial charge in [0, 0.05) is 24.9 Å². The van der Waals surface area contributed by atoms with Crippen molar-refractivity contribution in [1.82, 2.24) is 4.98 Å². The fraction of sp³-hybridized carbons (Fsp3) is 0.350. The molecule has 150 valence electrons. The monoisotopic (exact) mass is 388 g/mol. The molecule has 1 aromatic heterocycles. The molecule has 1 heterocycles. The molecule has 0 aliphatic carbocycles. The number of nitrogens with zero attached hydrogens (tertiary/aromatic N) is 1. The first kappa shape index (κ1) is 21.2. The van der Waals surface area contributed by atoms with E-state index in [1.54, 1.807) is 25.3 Å². The van der Waals surface area contributed by atoms with Crippen LogP contribution >= 0.6 is 0 Å². The Morgan fingerprint density at radius 2 is 1.75 bits per heavy atom. The molecule has 8 heteroatoms. The number of anilines is 1. The highest BCUT2D eigenvalue weighted by Gasteiger charge is 2.14. The largest absolute Gasteiger partial charge is 0.491 e. The Kier molecular flexibility index (Phi) is 7.34. The predicted octanol–water partition coefficient (Wildman–Crippen LogP) is 3.23. The van der Waals surface area contributed by atoms with Crippen LogP contribution in [0.2, 0.25) is 0 Å². The number of carboxylic acids is 1.